The maximum atomic E-state index is 8.97. The largest absolute Gasteiger partial charge is 0.192 e. The summed E-state index contributed by atoms with van der Waals surface area (Å²) >= 11 is 5.12. The monoisotopic (exact) mass is 269 g/mol. The molecule has 0 spiro atoms. The van der Waals surface area contributed by atoms with Crippen LogP contribution in [0.25, 0.3) is 0 Å². The highest BCUT2D eigenvalue weighted by molar-refractivity contribution is 9.10. The van der Waals surface area contributed by atoms with Crippen LogP contribution in [-0.2, 0) is 0 Å². The van der Waals surface area contributed by atoms with Crippen molar-refractivity contribution >= 4 is 27.7 Å². The molecule has 1 nitrogen and oxygen atoms in total. The van der Waals surface area contributed by atoms with Crippen LogP contribution >= 0.6 is 27.7 Å². The minimum atomic E-state index is 0.644. The molecule has 1 aromatic carbocycles. The molecule has 0 fully saturated rings. The second-order valence-corrected chi connectivity index (χ2v) is 5.35. The highest BCUT2D eigenvalue weighted by Crippen LogP contribution is 2.29. The summed E-state index contributed by atoms with van der Waals surface area (Å²) in [5, 5.41) is 8.97. The van der Waals surface area contributed by atoms with Crippen molar-refractivity contribution in [3.63, 3.8) is 0 Å². The van der Waals surface area contributed by atoms with E-state index >= 15 is 0 Å². The Morgan fingerprint density at radius 2 is 2.21 bits per heavy atom. The van der Waals surface area contributed by atoms with E-state index in [0.29, 0.717) is 5.92 Å². The number of thioether (sulfide) groups is 1. The van der Waals surface area contributed by atoms with Gasteiger partial charge in [-0.05, 0) is 34.0 Å². The molecule has 1 rings (SSSR count). The lowest BCUT2D eigenvalue weighted by molar-refractivity contribution is 0.750. The molecule has 0 bridgehead atoms. The summed E-state index contributed by atoms with van der Waals surface area (Å²) in [6.07, 6.45) is 0. The zero-order valence-corrected chi connectivity index (χ0v) is 10.7. The third kappa shape index (κ3) is 3.04. The van der Waals surface area contributed by atoms with Gasteiger partial charge >= 0.3 is 0 Å². The van der Waals surface area contributed by atoms with Gasteiger partial charge in [-0.3, -0.25) is 0 Å². The summed E-state index contributed by atoms with van der Waals surface area (Å²) in [5.74, 6) is 1.69. The fourth-order valence-electron chi connectivity index (χ4n) is 0.990. The lowest BCUT2D eigenvalue weighted by atomic mass is 10.2. The molecule has 0 aromatic heterocycles. The van der Waals surface area contributed by atoms with Crippen LogP contribution < -0.4 is 0 Å². The molecule has 0 aliphatic heterocycles. The molecule has 0 unspecified atom stereocenters. The predicted octanol–water partition coefficient (Wildman–Crippen LogP) is 4.07. The Kier molecular flexibility index (Phi) is 4.50. The zero-order chi connectivity index (χ0) is 10.6. The molecule has 0 saturated carbocycles. The first-order valence-electron chi connectivity index (χ1n) is 4.46. The van der Waals surface area contributed by atoms with Gasteiger partial charge in [0.1, 0.15) is 6.07 Å². The summed E-state index contributed by atoms with van der Waals surface area (Å²) < 4.78 is 0.883. The van der Waals surface area contributed by atoms with Crippen LogP contribution in [0.1, 0.15) is 19.4 Å². The minimum absolute atomic E-state index is 0.644. The summed E-state index contributed by atoms with van der Waals surface area (Å²) in [7, 11) is 0. The van der Waals surface area contributed by atoms with Gasteiger partial charge in [-0.25, -0.2) is 0 Å². The molecule has 74 valence electrons. The summed E-state index contributed by atoms with van der Waals surface area (Å²) in [6, 6.07) is 8.08. The fraction of sp³-hybridized carbons (Fsp3) is 0.364. The van der Waals surface area contributed by atoms with Crippen molar-refractivity contribution in [1.29, 1.82) is 5.26 Å². The number of nitrogens with zero attached hydrogens (tertiary/aromatic N) is 1. The third-order valence-electron chi connectivity index (χ3n) is 1.66. The van der Waals surface area contributed by atoms with E-state index in [4.69, 9.17) is 5.26 Å². The molecule has 0 aliphatic carbocycles. The smallest absolute Gasteiger partial charge is 0.101 e. The quantitative estimate of drug-likeness (QED) is 0.773. The normalized spacial score (nSPS) is 10.2. The van der Waals surface area contributed by atoms with Gasteiger partial charge in [0.25, 0.3) is 0 Å². The van der Waals surface area contributed by atoms with E-state index in [9.17, 15) is 0 Å². The maximum absolute atomic E-state index is 8.97. The number of hydrogen-bond donors (Lipinski definition) is 0. The van der Waals surface area contributed by atoms with Crippen molar-refractivity contribution in [2.45, 2.75) is 18.7 Å². The predicted molar refractivity (Wildman–Crippen MR) is 64.4 cm³/mol. The Labute approximate surface area is 97.6 Å². The van der Waals surface area contributed by atoms with Gasteiger partial charge in [0.15, 0.2) is 0 Å². The Morgan fingerprint density at radius 1 is 1.50 bits per heavy atom. The van der Waals surface area contributed by atoms with Gasteiger partial charge in [-0.15, -0.1) is 11.8 Å². The first kappa shape index (κ1) is 11.6. The van der Waals surface area contributed by atoms with Gasteiger partial charge in [0.2, 0.25) is 0 Å². The SMILES string of the molecule is CC(C)CSc1cccc(Br)c1C#N. The van der Waals surface area contributed by atoms with E-state index in [-0.39, 0.29) is 0 Å². The van der Waals surface area contributed by atoms with Crippen LogP contribution in [0, 0.1) is 17.2 Å². The number of benzene rings is 1. The van der Waals surface area contributed by atoms with Crippen molar-refractivity contribution in [3.8, 4) is 6.07 Å². The average molecular weight is 270 g/mol. The van der Waals surface area contributed by atoms with Gasteiger partial charge < -0.3 is 0 Å². The first-order chi connectivity index (χ1) is 6.65. The van der Waals surface area contributed by atoms with Crippen molar-refractivity contribution in [2.75, 3.05) is 5.75 Å². The molecule has 0 heterocycles. The van der Waals surface area contributed by atoms with Gasteiger partial charge in [-0.2, -0.15) is 5.26 Å². The average Bonchev–Trinajstić information content (AvgIpc) is 2.14. The number of hydrogen-bond acceptors (Lipinski definition) is 2. The van der Waals surface area contributed by atoms with Gasteiger partial charge in [0, 0.05) is 15.1 Å². The topological polar surface area (TPSA) is 23.8 Å². The van der Waals surface area contributed by atoms with Crippen LogP contribution in [0.3, 0.4) is 0 Å². The molecule has 0 atom stereocenters. The second kappa shape index (κ2) is 5.43. The molecule has 0 radical (unpaired) electrons. The van der Waals surface area contributed by atoms with E-state index in [1.807, 2.05) is 18.2 Å². The van der Waals surface area contributed by atoms with Crippen LogP contribution in [0.15, 0.2) is 27.6 Å². The van der Waals surface area contributed by atoms with Crippen LogP contribution in [-0.4, -0.2) is 5.75 Å². The van der Waals surface area contributed by atoms with E-state index in [0.717, 1.165) is 20.7 Å². The number of rotatable bonds is 3. The lowest BCUT2D eigenvalue weighted by Crippen LogP contribution is -1.92. The molecule has 0 aliphatic rings. The van der Waals surface area contributed by atoms with E-state index in [2.05, 4.69) is 35.8 Å². The molecule has 14 heavy (non-hydrogen) atoms. The van der Waals surface area contributed by atoms with Crippen molar-refractivity contribution in [2.24, 2.45) is 5.92 Å². The third-order valence-corrected chi connectivity index (χ3v) is 3.80. The van der Waals surface area contributed by atoms with Gasteiger partial charge in [-0.1, -0.05) is 19.9 Å². The molecule has 0 saturated heterocycles. The highest BCUT2D eigenvalue weighted by atomic mass is 79.9. The van der Waals surface area contributed by atoms with E-state index < -0.39 is 0 Å². The standard InChI is InChI=1S/C11H12BrNS/c1-8(2)7-14-11-5-3-4-10(12)9(11)6-13/h3-5,8H,7H2,1-2H3. The lowest BCUT2D eigenvalue weighted by Gasteiger charge is -2.06. The molecule has 3 heteroatoms. The summed E-state index contributed by atoms with van der Waals surface area (Å²) in [6.45, 7) is 4.36. The van der Waals surface area contributed by atoms with Crippen molar-refractivity contribution < 1.29 is 0 Å². The number of nitriles is 1. The molecular weight excluding hydrogens is 258 g/mol. The Bertz CT molecular complexity index is 355. The van der Waals surface area contributed by atoms with Crippen molar-refractivity contribution in [1.82, 2.24) is 0 Å². The molecule has 0 amide bonds. The minimum Gasteiger partial charge on any atom is -0.192 e. The Morgan fingerprint density at radius 3 is 2.79 bits per heavy atom. The molecular formula is C11H12BrNS. The summed E-state index contributed by atoms with van der Waals surface area (Å²) in [5.41, 5.74) is 0.748. The zero-order valence-electron chi connectivity index (χ0n) is 8.25. The Balaban J connectivity index is 2.87. The van der Waals surface area contributed by atoms with Gasteiger partial charge in [0.05, 0.1) is 5.56 Å². The maximum Gasteiger partial charge on any atom is 0.101 e. The van der Waals surface area contributed by atoms with Crippen LogP contribution in [0.4, 0.5) is 0 Å². The van der Waals surface area contributed by atoms with E-state index in [1.54, 1.807) is 11.8 Å². The van der Waals surface area contributed by atoms with E-state index in [1.165, 1.54) is 0 Å². The van der Waals surface area contributed by atoms with Crippen LogP contribution in [0.5, 0.6) is 0 Å². The second-order valence-electron chi connectivity index (χ2n) is 3.43. The highest BCUT2D eigenvalue weighted by Gasteiger charge is 2.06. The fourth-order valence-corrected chi connectivity index (χ4v) is 2.56. The molecule has 0 N–H and O–H groups in total. The summed E-state index contributed by atoms with van der Waals surface area (Å²) in [4.78, 5) is 1.07. The number of halogens is 1. The molecule has 1 aromatic rings. The van der Waals surface area contributed by atoms with Crippen molar-refractivity contribution in [3.05, 3.63) is 28.2 Å². The van der Waals surface area contributed by atoms with Crippen LogP contribution in [0.2, 0.25) is 0 Å². The Hall–Kier alpha value is -0.460. The first-order valence-corrected chi connectivity index (χ1v) is 6.24.